The van der Waals surface area contributed by atoms with Gasteiger partial charge in [-0.05, 0) is 26.0 Å². The topological polar surface area (TPSA) is 20.3 Å². The average molecular weight is 203 g/mol. The van der Waals surface area contributed by atoms with Gasteiger partial charge in [0.1, 0.15) is 0 Å². The first-order valence-electron chi connectivity index (χ1n) is 5.12. The second kappa shape index (κ2) is 5.35. The average Bonchev–Trinajstić information content (AvgIpc) is 2.25. The minimum atomic E-state index is 0.351. The van der Waals surface area contributed by atoms with Crippen molar-refractivity contribution in [2.45, 2.75) is 19.9 Å². The van der Waals surface area contributed by atoms with Gasteiger partial charge in [0.05, 0.1) is 0 Å². The lowest BCUT2D eigenvalue weighted by Gasteiger charge is -2.28. The molecular weight excluding hydrogens is 186 g/mol. The molecule has 0 N–H and O–H groups in total. The van der Waals surface area contributed by atoms with Gasteiger partial charge >= 0.3 is 0 Å². The molecule has 0 fully saturated rings. The lowest BCUT2D eigenvalue weighted by molar-refractivity contribution is 0.112. The Morgan fingerprint density at radius 3 is 2.60 bits per heavy atom. The first-order chi connectivity index (χ1) is 7.20. The van der Waals surface area contributed by atoms with Crippen LogP contribution in [0.1, 0.15) is 24.2 Å². The van der Waals surface area contributed by atoms with E-state index < -0.39 is 0 Å². The van der Waals surface area contributed by atoms with E-state index >= 15 is 0 Å². The molecule has 0 aliphatic rings. The normalized spacial score (nSPS) is 10.1. The van der Waals surface area contributed by atoms with Crippen molar-refractivity contribution in [1.82, 2.24) is 0 Å². The Kier molecular flexibility index (Phi) is 4.10. The molecule has 0 aliphatic heterocycles. The molecule has 0 aliphatic carbocycles. The van der Waals surface area contributed by atoms with Gasteiger partial charge in [0.2, 0.25) is 0 Å². The van der Waals surface area contributed by atoms with Crippen LogP contribution in [0, 0.1) is 0 Å². The summed E-state index contributed by atoms with van der Waals surface area (Å²) in [6.45, 7) is 8.69. The molecule has 1 aromatic rings. The monoisotopic (exact) mass is 203 g/mol. The number of nitrogens with zero attached hydrogens (tertiary/aromatic N) is 1. The van der Waals surface area contributed by atoms with Gasteiger partial charge in [-0.3, -0.25) is 4.79 Å². The zero-order chi connectivity index (χ0) is 11.3. The highest BCUT2D eigenvalue weighted by atomic mass is 16.1. The third kappa shape index (κ3) is 2.69. The molecule has 0 heterocycles. The van der Waals surface area contributed by atoms with Crippen molar-refractivity contribution < 1.29 is 4.79 Å². The van der Waals surface area contributed by atoms with E-state index in [0.717, 1.165) is 24.1 Å². The first kappa shape index (κ1) is 11.5. The van der Waals surface area contributed by atoms with Gasteiger partial charge in [-0.15, -0.1) is 6.58 Å². The Balaban J connectivity index is 3.09. The third-order valence-electron chi connectivity index (χ3n) is 2.32. The summed E-state index contributed by atoms with van der Waals surface area (Å²) < 4.78 is 0. The number of hydrogen-bond donors (Lipinski definition) is 0. The summed E-state index contributed by atoms with van der Waals surface area (Å²) in [6.07, 6.45) is 2.75. The Labute approximate surface area is 91.2 Å². The van der Waals surface area contributed by atoms with Gasteiger partial charge in [0, 0.05) is 23.8 Å². The highest BCUT2D eigenvalue weighted by Crippen LogP contribution is 2.20. The Hall–Kier alpha value is -1.57. The Morgan fingerprint density at radius 2 is 2.07 bits per heavy atom. The minimum absolute atomic E-state index is 0.351. The largest absolute Gasteiger partial charge is 0.365 e. The van der Waals surface area contributed by atoms with Gasteiger partial charge in [0.15, 0.2) is 6.29 Å². The zero-order valence-electron chi connectivity index (χ0n) is 9.31. The summed E-state index contributed by atoms with van der Waals surface area (Å²) in [6, 6.07) is 7.97. The molecule has 2 nitrogen and oxygen atoms in total. The molecule has 0 unspecified atom stereocenters. The summed E-state index contributed by atoms with van der Waals surface area (Å²) in [5.74, 6) is 0. The number of benzene rings is 1. The van der Waals surface area contributed by atoms with E-state index in [2.05, 4.69) is 25.3 Å². The zero-order valence-corrected chi connectivity index (χ0v) is 9.31. The number of carbonyl (C=O) groups is 1. The van der Waals surface area contributed by atoms with Gasteiger partial charge in [-0.25, -0.2) is 0 Å². The summed E-state index contributed by atoms with van der Waals surface area (Å²) in [7, 11) is 0. The molecule has 0 spiro atoms. The van der Waals surface area contributed by atoms with Crippen LogP contribution < -0.4 is 4.90 Å². The van der Waals surface area contributed by atoms with Crippen LogP contribution in [0.5, 0.6) is 0 Å². The van der Waals surface area contributed by atoms with Crippen LogP contribution in [0.2, 0.25) is 0 Å². The van der Waals surface area contributed by atoms with E-state index in [4.69, 9.17) is 0 Å². The van der Waals surface area contributed by atoms with Crippen molar-refractivity contribution in [2.75, 3.05) is 11.4 Å². The van der Waals surface area contributed by atoms with E-state index in [1.807, 2.05) is 30.3 Å². The predicted molar refractivity (Wildman–Crippen MR) is 64.5 cm³/mol. The van der Waals surface area contributed by atoms with Crippen LogP contribution in [0.15, 0.2) is 36.9 Å². The molecule has 1 rings (SSSR count). The minimum Gasteiger partial charge on any atom is -0.365 e. The van der Waals surface area contributed by atoms with E-state index in [0.29, 0.717) is 6.04 Å². The predicted octanol–water partition coefficient (Wildman–Crippen LogP) is 2.90. The summed E-state index contributed by atoms with van der Waals surface area (Å²) in [5, 5.41) is 0. The first-order valence-corrected chi connectivity index (χ1v) is 5.12. The van der Waals surface area contributed by atoms with Crippen LogP contribution >= 0.6 is 0 Å². The van der Waals surface area contributed by atoms with E-state index in [-0.39, 0.29) is 0 Å². The van der Waals surface area contributed by atoms with Crippen LogP contribution in [0.4, 0.5) is 5.69 Å². The molecule has 15 heavy (non-hydrogen) atoms. The smallest absolute Gasteiger partial charge is 0.152 e. The number of anilines is 1. The molecule has 2 heteroatoms. The Bertz CT molecular complexity index is 344. The van der Waals surface area contributed by atoms with Gasteiger partial charge in [-0.2, -0.15) is 0 Å². The summed E-state index contributed by atoms with van der Waals surface area (Å²) in [5.41, 5.74) is 1.70. The third-order valence-corrected chi connectivity index (χ3v) is 2.32. The highest BCUT2D eigenvalue weighted by Gasteiger charge is 2.11. The molecule has 80 valence electrons. The quantitative estimate of drug-likeness (QED) is 0.541. The van der Waals surface area contributed by atoms with Gasteiger partial charge in [-0.1, -0.05) is 18.2 Å². The summed E-state index contributed by atoms with van der Waals surface area (Å²) >= 11 is 0. The van der Waals surface area contributed by atoms with Crippen LogP contribution in [0.25, 0.3) is 0 Å². The fraction of sp³-hybridized carbons (Fsp3) is 0.308. The van der Waals surface area contributed by atoms with Crippen molar-refractivity contribution >= 4 is 12.0 Å². The fourth-order valence-corrected chi connectivity index (χ4v) is 1.58. The lowest BCUT2D eigenvalue weighted by Crippen LogP contribution is -2.31. The van der Waals surface area contributed by atoms with Crippen molar-refractivity contribution in [3.8, 4) is 0 Å². The van der Waals surface area contributed by atoms with Crippen molar-refractivity contribution in [3.05, 3.63) is 42.5 Å². The fourth-order valence-electron chi connectivity index (χ4n) is 1.58. The highest BCUT2D eigenvalue weighted by molar-refractivity contribution is 5.84. The molecule has 1 aromatic carbocycles. The molecule has 0 atom stereocenters. The number of hydrogen-bond acceptors (Lipinski definition) is 2. The molecular formula is C13H17NO. The molecule has 0 saturated heterocycles. The van der Waals surface area contributed by atoms with Crippen LogP contribution in [-0.4, -0.2) is 18.9 Å². The molecule has 0 bridgehead atoms. The molecule has 0 saturated carbocycles. The molecule has 0 amide bonds. The van der Waals surface area contributed by atoms with Gasteiger partial charge in [0.25, 0.3) is 0 Å². The van der Waals surface area contributed by atoms with E-state index in [9.17, 15) is 4.79 Å². The van der Waals surface area contributed by atoms with Crippen molar-refractivity contribution in [1.29, 1.82) is 0 Å². The van der Waals surface area contributed by atoms with Crippen molar-refractivity contribution in [2.24, 2.45) is 0 Å². The summed E-state index contributed by atoms with van der Waals surface area (Å²) in [4.78, 5) is 13.1. The maximum atomic E-state index is 10.9. The SMILES string of the molecule is C=CCN(c1ccccc1C=O)C(C)C. The second-order valence-corrected chi connectivity index (χ2v) is 3.71. The van der Waals surface area contributed by atoms with E-state index in [1.165, 1.54) is 0 Å². The van der Waals surface area contributed by atoms with Crippen LogP contribution in [0.3, 0.4) is 0 Å². The van der Waals surface area contributed by atoms with E-state index in [1.54, 1.807) is 0 Å². The van der Waals surface area contributed by atoms with Crippen molar-refractivity contribution in [3.63, 3.8) is 0 Å². The molecule has 0 radical (unpaired) electrons. The number of aldehydes is 1. The van der Waals surface area contributed by atoms with Crippen LogP contribution in [-0.2, 0) is 0 Å². The number of carbonyl (C=O) groups excluding carboxylic acids is 1. The molecule has 0 aromatic heterocycles. The number of rotatable bonds is 5. The standard InChI is InChI=1S/C13H17NO/c1-4-9-14(11(2)3)13-8-6-5-7-12(13)10-15/h4-8,10-11H,1,9H2,2-3H3. The maximum absolute atomic E-state index is 10.9. The lowest BCUT2D eigenvalue weighted by atomic mass is 10.1. The Morgan fingerprint density at radius 1 is 1.40 bits per heavy atom. The maximum Gasteiger partial charge on any atom is 0.152 e. The second-order valence-electron chi connectivity index (χ2n) is 3.71. The van der Waals surface area contributed by atoms with Gasteiger partial charge < -0.3 is 4.90 Å². The number of para-hydroxylation sites is 1.